The Balaban J connectivity index is 1.97. The average Bonchev–Trinajstić information content (AvgIpc) is 2.76. The van der Waals surface area contributed by atoms with Gasteiger partial charge in [-0.3, -0.25) is 4.79 Å². The van der Waals surface area contributed by atoms with E-state index in [2.05, 4.69) is 31.1 Å². The summed E-state index contributed by atoms with van der Waals surface area (Å²) in [6.07, 6.45) is 3.46. The van der Waals surface area contributed by atoms with E-state index in [1.54, 1.807) is 0 Å². The van der Waals surface area contributed by atoms with Crippen molar-refractivity contribution < 1.29 is 4.79 Å². The third kappa shape index (κ3) is 2.89. The fourth-order valence-electron chi connectivity index (χ4n) is 2.57. The van der Waals surface area contributed by atoms with Gasteiger partial charge in [-0.25, -0.2) is 0 Å². The van der Waals surface area contributed by atoms with E-state index in [-0.39, 0.29) is 0 Å². The zero-order valence-corrected chi connectivity index (χ0v) is 11.7. The molecule has 0 saturated carbocycles. The van der Waals surface area contributed by atoms with E-state index in [0.717, 1.165) is 30.2 Å². The first-order valence-corrected chi connectivity index (χ1v) is 7.17. The summed E-state index contributed by atoms with van der Waals surface area (Å²) < 4.78 is 0. The van der Waals surface area contributed by atoms with Crippen LogP contribution in [0.3, 0.4) is 0 Å². The van der Waals surface area contributed by atoms with Gasteiger partial charge in [0.25, 0.3) is 0 Å². The molecule has 2 heterocycles. The Morgan fingerprint density at radius 1 is 1.35 bits per heavy atom. The maximum atomic E-state index is 10.7. The second-order valence-corrected chi connectivity index (χ2v) is 6.90. The number of hydrogen-bond donors (Lipinski definition) is 0. The summed E-state index contributed by atoms with van der Waals surface area (Å²) in [6.45, 7) is 9.25. The molecule has 0 N–H and O–H groups in total. The van der Waals surface area contributed by atoms with E-state index in [0.29, 0.717) is 5.41 Å². The molecule has 1 aromatic heterocycles. The number of hydrogen-bond acceptors (Lipinski definition) is 3. The van der Waals surface area contributed by atoms with Gasteiger partial charge in [0, 0.05) is 24.2 Å². The van der Waals surface area contributed by atoms with Gasteiger partial charge in [-0.15, -0.1) is 11.3 Å². The van der Waals surface area contributed by atoms with Gasteiger partial charge in [-0.05, 0) is 30.2 Å². The van der Waals surface area contributed by atoms with E-state index < -0.39 is 0 Å². The van der Waals surface area contributed by atoms with E-state index in [4.69, 9.17) is 0 Å². The van der Waals surface area contributed by atoms with Gasteiger partial charge < -0.3 is 4.90 Å². The number of anilines is 1. The van der Waals surface area contributed by atoms with Crippen molar-refractivity contribution in [3.8, 4) is 0 Å². The Morgan fingerprint density at radius 3 is 2.47 bits per heavy atom. The number of piperidine rings is 1. The second kappa shape index (κ2) is 4.81. The first-order chi connectivity index (χ1) is 8.00. The average molecular weight is 251 g/mol. The fraction of sp³-hybridized carbons (Fsp3) is 0.643. The van der Waals surface area contributed by atoms with Crippen LogP contribution in [0.15, 0.2) is 11.4 Å². The minimum atomic E-state index is 0.425. The molecule has 2 rings (SSSR count). The lowest BCUT2D eigenvalue weighted by molar-refractivity contribution is 0.112. The largest absolute Gasteiger partial charge is 0.371 e. The SMILES string of the molecule is CC(C)(C)C1CCN(c2csc(C=O)c2)CC1. The third-order valence-corrected chi connectivity index (χ3v) is 4.65. The molecule has 1 aliphatic rings. The summed E-state index contributed by atoms with van der Waals surface area (Å²) in [5.41, 5.74) is 1.65. The standard InChI is InChI=1S/C14H21NOS/c1-14(2,3)11-4-6-15(7-5-11)12-8-13(9-16)17-10-12/h8-11H,4-7H2,1-3H3. The van der Waals surface area contributed by atoms with E-state index in [9.17, 15) is 4.79 Å². The molecule has 0 bridgehead atoms. The summed E-state index contributed by atoms with van der Waals surface area (Å²) >= 11 is 1.54. The summed E-state index contributed by atoms with van der Waals surface area (Å²) in [7, 11) is 0. The number of nitrogens with zero attached hydrogens (tertiary/aromatic N) is 1. The van der Waals surface area contributed by atoms with Gasteiger partial charge in [0.05, 0.1) is 4.88 Å². The highest BCUT2D eigenvalue weighted by Crippen LogP contribution is 2.36. The molecule has 1 fully saturated rings. The molecule has 94 valence electrons. The molecule has 1 aliphatic heterocycles. The lowest BCUT2D eigenvalue weighted by Gasteiger charge is -2.39. The molecule has 1 saturated heterocycles. The maximum absolute atomic E-state index is 10.7. The molecule has 0 spiro atoms. The number of aldehydes is 1. The monoisotopic (exact) mass is 251 g/mol. The molecule has 0 radical (unpaired) electrons. The quantitative estimate of drug-likeness (QED) is 0.745. The van der Waals surface area contributed by atoms with Crippen molar-refractivity contribution in [1.82, 2.24) is 0 Å². The van der Waals surface area contributed by atoms with Crippen molar-refractivity contribution >= 4 is 23.3 Å². The smallest absolute Gasteiger partial charge is 0.160 e. The van der Waals surface area contributed by atoms with Gasteiger partial charge >= 0.3 is 0 Å². The van der Waals surface area contributed by atoms with Crippen molar-refractivity contribution in [2.75, 3.05) is 18.0 Å². The van der Waals surface area contributed by atoms with E-state index in [1.807, 2.05) is 6.07 Å². The van der Waals surface area contributed by atoms with Crippen LogP contribution in [0.2, 0.25) is 0 Å². The number of rotatable bonds is 2. The number of thiophene rings is 1. The molecule has 0 aliphatic carbocycles. The van der Waals surface area contributed by atoms with Crippen LogP contribution >= 0.6 is 11.3 Å². The summed E-state index contributed by atoms with van der Waals surface area (Å²) in [5.74, 6) is 0.822. The second-order valence-electron chi connectivity index (χ2n) is 5.95. The van der Waals surface area contributed by atoms with Crippen LogP contribution in [-0.2, 0) is 0 Å². The molecular formula is C14H21NOS. The molecular weight excluding hydrogens is 230 g/mol. The zero-order chi connectivity index (χ0) is 12.5. The minimum absolute atomic E-state index is 0.425. The fourth-order valence-corrected chi connectivity index (χ4v) is 3.29. The molecule has 0 atom stereocenters. The highest BCUT2D eigenvalue weighted by molar-refractivity contribution is 7.12. The predicted octanol–water partition coefficient (Wildman–Crippen LogP) is 3.82. The van der Waals surface area contributed by atoms with E-state index >= 15 is 0 Å². The summed E-state index contributed by atoms with van der Waals surface area (Å²) in [4.78, 5) is 13.9. The molecule has 0 amide bonds. The van der Waals surface area contributed by atoms with Gasteiger partial charge in [0.15, 0.2) is 6.29 Å². The van der Waals surface area contributed by atoms with Crippen LogP contribution in [0.25, 0.3) is 0 Å². The van der Waals surface area contributed by atoms with Gasteiger partial charge in [-0.1, -0.05) is 20.8 Å². The molecule has 2 nitrogen and oxygen atoms in total. The van der Waals surface area contributed by atoms with Crippen molar-refractivity contribution in [2.45, 2.75) is 33.6 Å². The molecule has 3 heteroatoms. The molecule has 0 unspecified atom stereocenters. The number of carbonyl (C=O) groups is 1. The first-order valence-electron chi connectivity index (χ1n) is 6.29. The van der Waals surface area contributed by atoms with Crippen LogP contribution in [0.4, 0.5) is 5.69 Å². The highest BCUT2D eigenvalue weighted by atomic mass is 32.1. The summed E-state index contributed by atoms with van der Waals surface area (Å²) in [5, 5.41) is 2.10. The van der Waals surface area contributed by atoms with Crippen molar-refractivity contribution in [3.05, 3.63) is 16.3 Å². The van der Waals surface area contributed by atoms with Crippen LogP contribution < -0.4 is 4.90 Å². The zero-order valence-electron chi connectivity index (χ0n) is 10.9. The Bertz CT molecular complexity index is 383. The van der Waals surface area contributed by atoms with Crippen LogP contribution in [-0.4, -0.2) is 19.4 Å². The first kappa shape index (κ1) is 12.6. The van der Waals surface area contributed by atoms with Crippen LogP contribution in [0.5, 0.6) is 0 Å². The minimum Gasteiger partial charge on any atom is -0.371 e. The molecule has 1 aromatic rings. The normalized spacial score (nSPS) is 18.4. The Hall–Kier alpha value is -0.830. The van der Waals surface area contributed by atoms with Crippen molar-refractivity contribution in [1.29, 1.82) is 0 Å². The van der Waals surface area contributed by atoms with Crippen molar-refractivity contribution in [2.24, 2.45) is 11.3 Å². The summed E-state index contributed by atoms with van der Waals surface area (Å²) in [6, 6.07) is 2.01. The van der Waals surface area contributed by atoms with Gasteiger partial charge in [0.1, 0.15) is 0 Å². The Morgan fingerprint density at radius 2 is 2.00 bits per heavy atom. The van der Waals surface area contributed by atoms with Crippen LogP contribution in [0.1, 0.15) is 43.3 Å². The van der Waals surface area contributed by atoms with E-state index in [1.165, 1.54) is 29.9 Å². The lowest BCUT2D eigenvalue weighted by atomic mass is 9.75. The molecule has 17 heavy (non-hydrogen) atoms. The maximum Gasteiger partial charge on any atom is 0.160 e. The Kier molecular flexibility index (Phi) is 3.57. The highest BCUT2D eigenvalue weighted by Gasteiger charge is 2.28. The van der Waals surface area contributed by atoms with Crippen LogP contribution in [0, 0.1) is 11.3 Å². The number of carbonyl (C=O) groups excluding carboxylic acids is 1. The molecule has 0 aromatic carbocycles. The van der Waals surface area contributed by atoms with Gasteiger partial charge in [-0.2, -0.15) is 0 Å². The third-order valence-electron chi connectivity index (χ3n) is 3.81. The topological polar surface area (TPSA) is 20.3 Å². The predicted molar refractivity (Wildman–Crippen MR) is 74.1 cm³/mol. The van der Waals surface area contributed by atoms with Gasteiger partial charge in [0.2, 0.25) is 0 Å². The van der Waals surface area contributed by atoms with Crippen molar-refractivity contribution in [3.63, 3.8) is 0 Å². The Labute approximate surface area is 108 Å². The lowest BCUT2D eigenvalue weighted by Crippen LogP contribution is -2.37.